The third-order valence-corrected chi connectivity index (χ3v) is 6.05. The standard InChI is InChI=1S/C21H28N2O4/c24-14-20-17(11-12-26-20)19-13-18(22-27-19)21(25)23(15-7-3-1-4-8-15)16-9-5-2-6-10-16/h11-13,15-16,24H,1-10,14H2. The number of nitrogens with zero attached hydrogens (tertiary/aromatic N) is 2. The van der Waals surface area contributed by atoms with Gasteiger partial charge in [-0.15, -0.1) is 0 Å². The van der Waals surface area contributed by atoms with Crippen molar-refractivity contribution in [2.75, 3.05) is 0 Å². The Bertz CT molecular complexity index is 736. The van der Waals surface area contributed by atoms with Gasteiger partial charge in [-0.25, -0.2) is 0 Å². The molecule has 0 spiro atoms. The molecule has 2 aliphatic carbocycles. The first-order valence-corrected chi connectivity index (χ1v) is 10.2. The van der Waals surface area contributed by atoms with Crippen molar-refractivity contribution in [3.63, 3.8) is 0 Å². The number of furan rings is 1. The molecule has 0 bridgehead atoms. The van der Waals surface area contributed by atoms with E-state index < -0.39 is 0 Å². The summed E-state index contributed by atoms with van der Waals surface area (Å²) >= 11 is 0. The molecule has 4 rings (SSSR count). The fourth-order valence-electron chi connectivity index (χ4n) is 4.67. The predicted octanol–water partition coefficient (Wildman–Crippen LogP) is 4.53. The Morgan fingerprint density at radius 2 is 1.70 bits per heavy atom. The van der Waals surface area contributed by atoms with Gasteiger partial charge in [0, 0.05) is 18.2 Å². The van der Waals surface area contributed by atoms with Crippen molar-refractivity contribution in [1.82, 2.24) is 10.1 Å². The van der Waals surface area contributed by atoms with Crippen LogP contribution < -0.4 is 0 Å². The Kier molecular flexibility index (Phi) is 5.62. The van der Waals surface area contributed by atoms with Crippen LogP contribution in [0.2, 0.25) is 0 Å². The van der Waals surface area contributed by atoms with Crippen molar-refractivity contribution in [3.05, 3.63) is 29.9 Å². The normalized spacial score (nSPS) is 19.3. The SMILES string of the molecule is O=C(c1cc(-c2ccoc2CO)on1)N(C1CCCCC1)C1CCCCC1. The molecule has 1 N–H and O–H groups in total. The molecule has 2 heterocycles. The summed E-state index contributed by atoms with van der Waals surface area (Å²) in [6.45, 7) is -0.220. The lowest BCUT2D eigenvalue weighted by Gasteiger charge is -2.41. The van der Waals surface area contributed by atoms with Crippen molar-refractivity contribution in [3.8, 4) is 11.3 Å². The number of carbonyl (C=O) groups is 1. The fraction of sp³-hybridized carbons (Fsp3) is 0.619. The van der Waals surface area contributed by atoms with Gasteiger partial charge in [0.05, 0.1) is 11.8 Å². The molecule has 146 valence electrons. The molecule has 2 aromatic rings. The molecule has 2 saturated carbocycles. The summed E-state index contributed by atoms with van der Waals surface area (Å²) in [5, 5.41) is 13.5. The van der Waals surface area contributed by atoms with Crippen LogP contribution in [0.15, 0.2) is 27.3 Å². The monoisotopic (exact) mass is 372 g/mol. The van der Waals surface area contributed by atoms with E-state index in [0.717, 1.165) is 25.7 Å². The minimum Gasteiger partial charge on any atom is -0.466 e. The third-order valence-electron chi connectivity index (χ3n) is 6.05. The number of rotatable bonds is 5. The van der Waals surface area contributed by atoms with Crippen LogP contribution in [0.3, 0.4) is 0 Å². The minimum atomic E-state index is -0.220. The van der Waals surface area contributed by atoms with Gasteiger partial charge in [-0.1, -0.05) is 43.7 Å². The first kappa shape index (κ1) is 18.3. The molecule has 0 radical (unpaired) electrons. The van der Waals surface area contributed by atoms with Crippen LogP contribution >= 0.6 is 0 Å². The highest BCUT2D eigenvalue weighted by atomic mass is 16.5. The van der Waals surface area contributed by atoms with Crippen molar-refractivity contribution >= 4 is 5.91 Å². The molecule has 27 heavy (non-hydrogen) atoms. The summed E-state index contributed by atoms with van der Waals surface area (Å²) in [7, 11) is 0. The molecule has 0 aromatic carbocycles. The number of hydrogen-bond acceptors (Lipinski definition) is 5. The highest BCUT2D eigenvalue weighted by Crippen LogP contribution is 2.32. The van der Waals surface area contributed by atoms with E-state index in [1.54, 1.807) is 12.1 Å². The Balaban J connectivity index is 1.59. The maximum atomic E-state index is 13.4. The highest BCUT2D eigenvalue weighted by Gasteiger charge is 2.34. The highest BCUT2D eigenvalue weighted by molar-refractivity contribution is 5.93. The minimum absolute atomic E-state index is 0.0159. The maximum Gasteiger partial charge on any atom is 0.276 e. The second-order valence-electron chi connectivity index (χ2n) is 7.79. The number of aliphatic hydroxyl groups is 1. The van der Waals surface area contributed by atoms with Gasteiger partial charge >= 0.3 is 0 Å². The quantitative estimate of drug-likeness (QED) is 0.834. The zero-order valence-corrected chi connectivity index (χ0v) is 15.7. The number of amides is 1. The summed E-state index contributed by atoms with van der Waals surface area (Å²) in [5.74, 6) is 0.864. The second kappa shape index (κ2) is 8.30. The Labute approximate surface area is 159 Å². The average molecular weight is 372 g/mol. The van der Waals surface area contributed by atoms with Gasteiger partial charge in [-0.3, -0.25) is 4.79 Å². The topological polar surface area (TPSA) is 79.7 Å². The predicted molar refractivity (Wildman–Crippen MR) is 100 cm³/mol. The van der Waals surface area contributed by atoms with E-state index in [2.05, 4.69) is 10.1 Å². The van der Waals surface area contributed by atoms with E-state index in [9.17, 15) is 9.90 Å². The number of carbonyl (C=O) groups excluding carboxylic acids is 1. The third kappa shape index (κ3) is 3.81. The molecule has 6 nitrogen and oxygen atoms in total. The number of hydrogen-bond donors (Lipinski definition) is 1. The number of aromatic nitrogens is 1. The molecular weight excluding hydrogens is 344 g/mol. The van der Waals surface area contributed by atoms with E-state index in [1.165, 1.54) is 44.8 Å². The van der Waals surface area contributed by atoms with Crippen LogP contribution in [0.1, 0.15) is 80.5 Å². The lowest BCUT2D eigenvalue weighted by molar-refractivity contribution is 0.0438. The van der Waals surface area contributed by atoms with E-state index in [4.69, 9.17) is 8.94 Å². The Hall–Kier alpha value is -2.08. The molecule has 0 aliphatic heterocycles. The molecule has 0 saturated heterocycles. The maximum absolute atomic E-state index is 13.4. The molecule has 2 fully saturated rings. The average Bonchev–Trinajstić information content (AvgIpc) is 3.39. The van der Waals surface area contributed by atoms with Gasteiger partial charge < -0.3 is 18.9 Å². The van der Waals surface area contributed by atoms with Gasteiger partial charge in [-0.05, 0) is 31.7 Å². The van der Waals surface area contributed by atoms with Gasteiger partial charge in [0.25, 0.3) is 5.91 Å². The number of aliphatic hydroxyl groups excluding tert-OH is 1. The van der Waals surface area contributed by atoms with Gasteiger partial charge in [0.15, 0.2) is 11.5 Å². The van der Waals surface area contributed by atoms with Crippen LogP contribution in [-0.4, -0.2) is 33.2 Å². The smallest absolute Gasteiger partial charge is 0.276 e. The van der Waals surface area contributed by atoms with E-state index in [1.807, 2.05) is 0 Å². The van der Waals surface area contributed by atoms with Gasteiger partial charge in [0.1, 0.15) is 12.4 Å². The molecule has 2 aliphatic rings. The molecule has 0 unspecified atom stereocenters. The van der Waals surface area contributed by atoms with Crippen LogP contribution in [0.5, 0.6) is 0 Å². The van der Waals surface area contributed by atoms with Crippen LogP contribution in [0.25, 0.3) is 11.3 Å². The first-order valence-electron chi connectivity index (χ1n) is 10.2. The van der Waals surface area contributed by atoms with Crippen molar-refractivity contribution < 1.29 is 18.8 Å². The summed E-state index contributed by atoms with van der Waals surface area (Å²) in [6, 6.07) is 4.04. The van der Waals surface area contributed by atoms with Crippen molar-refractivity contribution in [1.29, 1.82) is 0 Å². The van der Waals surface area contributed by atoms with Crippen LogP contribution in [0.4, 0.5) is 0 Å². The first-order chi connectivity index (χ1) is 13.3. The zero-order chi connectivity index (χ0) is 18.6. The van der Waals surface area contributed by atoms with Gasteiger partial charge in [-0.2, -0.15) is 0 Å². The summed E-state index contributed by atoms with van der Waals surface area (Å²) in [5.41, 5.74) is 0.997. The Morgan fingerprint density at radius 1 is 1.07 bits per heavy atom. The lowest BCUT2D eigenvalue weighted by atomic mass is 9.88. The van der Waals surface area contributed by atoms with Crippen molar-refractivity contribution in [2.45, 2.75) is 82.9 Å². The molecule has 6 heteroatoms. The van der Waals surface area contributed by atoms with Crippen LogP contribution in [-0.2, 0) is 6.61 Å². The summed E-state index contributed by atoms with van der Waals surface area (Å²) < 4.78 is 10.7. The second-order valence-corrected chi connectivity index (χ2v) is 7.79. The van der Waals surface area contributed by atoms with Gasteiger partial charge in [0.2, 0.25) is 0 Å². The Morgan fingerprint density at radius 3 is 2.30 bits per heavy atom. The molecular formula is C21H28N2O4. The van der Waals surface area contributed by atoms with E-state index in [0.29, 0.717) is 34.9 Å². The molecule has 2 aromatic heterocycles. The summed E-state index contributed by atoms with van der Waals surface area (Å²) in [4.78, 5) is 15.5. The van der Waals surface area contributed by atoms with E-state index >= 15 is 0 Å². The van der Waals surface area contributed by atoms with E-state index in [-0.39, 0.29) is 12.5 Å². The van der Waals surface area contributed by atoms with Crippen LogP contribution in [0, 0.1) is 0 Å². The molecule has 1 amide bonds. The fourth-order valence-corrected chi connectivity index (χ4v) is 4.67. The zero-order valence-electron chi connectivity index (χ0n) is 15.7. The summed E-state index contributed by atoms with van der Waals surface area (Å²) in [6.07, 6.45) is 13.2. The molecule has 0 atom stereocenters. The largest absolute Gasteiger partial charge is 0.466 e. The van der Waals surface area contributed by atoms with Crippen molar-refractivity contribution in [2.24, 2.45) is 0 Å². The lowest BCUT2D eigenvalue weighted by Crippen LogP contribution is -2.48.